The number of rotatable bonds is 4. The van der Waals surface area contributed by atoms with E-state index >= 15 is 0 Å². The molecule has 22 heavy (non-hydrogen) atoms. The van der Waals surface area contributed by atoms with Crippen LogP contribution in [0.15, 0.2) is 29.3 Å². The van der Waals surface area contributed by atoms with Crippen LogP contribution in [0.3, 0.4) is 0 Å². The maximum Gasteiger partial charge on any atom is 0.191 e. The molecule has 1 aromatic carbocycles. The predicted octanol–water partition coefficient (Wildman–Crippen LogP) is 3.50. The summed E-state index contributed by atoms with van der Waals surface area (Å²) < 4.78 is 5.70. The molecule has 1 aliphatic heterocycles. The maximum atomic E-state index is 5.70. The quantitative estimate of drug-likeness (QED) is 0.508. The van der Waals surface area contributed by atoms with Gasteiger partial charge in [-0.2, -0.15) is 0 Å². The third-order valence-corrected chi connectivity index (χ3v) is 3.89. The molecule has 0 aromatic heterocycles. The monoisotopic (exact) mass is 303 g/mol. The summed E-state index contributed by atoms with van der Waals surface area (Å²) in [5.41, 5.74) is 1.60. The first-order valence-corrected chi connectivity index (χ1v) is 8.18. The van der Waals surface area contributed by atoms with E-state index in [2.05, 4.69) is 48.5 Å². The van der Waals surface area contributed by atoms with Gasteiger partial charge >= 0.3 is 0 Å². The zero-order chi connectivity index (χ0) is 16.0. The van der Waals surface area contributed by atoms with Crippen LogP contribution in [-0.4, -0.2) is 26.2 Å². The fraction of sp³-hybridized carbons (Fsp3) is 0.611. The summed E-state index contributed by atoms with van der Waals surface area (Å²) >= 11 is 0. The number of nitrogens with one attached hydrogen (secondary N) is 2. The highest BCUT2D eigenvalue weighted by molar-refractivity contribution is 5.80. The van der Waals surface area contributed by atoms with Crippen molar-refractivity contribution in [2.45, 2.75) is 46.1 Å². The van der Waals surface area contributed by atoms with Crippen LogP contribution in [0.2, 0.25) is 0 Å². The van der Waals surface area contributed by atoms with Gasteiger partial charge in [-0.15, -0.1) is 0 Å². The Hall–Kier alpha value is -1.71. The van der Waals surface area contributed by atoms with E-state index in [-0.39, 0.29) is 6.04 Å². The van der Waals surface area contributed by atoms with Crippen molar-refractivity contribution in [1.82, 2.24) is 10.6 Å². The molecule has 1 unspecified atom stereocenters. The molecule has 1 atom stereocenters. The normalized spacial score (nSPS) is 18.4. The van der Waals surface area contributed by atoms with Gasteiger partial charge in [-0.1, -0.05) is 39.0 Å². The molecule has 1 heterocycles. The largest absolute Gasteiger partial charge is 0.493 e. The van der Waals surface area contributed by atoms with Gasteiger partial charge in [0.2, 0.25) is 0 Å². The standard InChI is InChI=1S/C18H29N3O/c1-18(2,3)11-7-12-20-17(19-4)21-15-10-13-22-16-9-6-5-8-14(15)16/h5-6,8-9,15H,7,10-13H2,1-4H3,(H2,19,20,21). The minimum atomic E-state index is 0.263. The summed E-state index contributed by atoms with van der Waals surface area (Å²) in [5, 5.41) is 6.94. The lowest BCUT2D eigenvalue weighted by Crippen LogP contribution is -2.41. The van der Waals surface area contributed by atoms with Crippen molar-refractivity contribution in [3.05, 3.63) is 29.8 Å². The van der Waals surface area contributed by atoms with Crippen molar-refractivity contribution in [3.63, 3.8) is 0 Å². The lowest BCUT2D eigenvalue weighted by atomic mass is 9.91. The smallest absolute Gasteiger partial charge is 0.191 e. The Morgan fingerprint density at radius 3 is 2.82 bits per heavy atom. The van der Waals surface area contributed by atoms with Crippen LogP contribution in [0, 0.1) is 5.41 Å². The Labute approximate surface area is 134 Å². The van der Waals surface area contributed by atoms with Crippen LogP contribution < -0.4 is 15.4 Å². The second kappa shape index (κ2) is 7.52. The summed E-state index contributed by atoms with van der Waals surface area (Å²) in [6, 6.07) is 8.49. The molecule has 4 heteroatoms. The molecule has 0 bridgehead atoms. The molecular weight excluding hydrogens is 274 g/mol. The molecule has 1 aliphatic rings. The zero-order valence-electron chi connectivity index (χ0n) is 14.3. The lowest BCUT2D eigenvalue weighted by Gasteiger charge is -2.28. The second-order valence-corrected chi connectivity index (χ2v) is 7.04. The highest BCUT2D eigenvalue weighted by Crippen LogP contribution is 2.31. The fourth-order valence-electron chi connectivity index (χ4n) is 2.68. The number of guanidine groups is 1. The van der Waals surface area contributed by atoms with Gasteiger partial charge < -0.3 is 15.4 Å². The Kier molecular flexibility index (Phi) is 5.69. The van der Waals surface area contributed by atoms with Crippen LogP contribution in [0.1, 0.15) is 51.6 Å². The van der Waals surface area contributed by atoms with Crippen molar-refractivity contribution in [2.24, 2.45) is 10.4 Å². The van der Waals surface area contributed by atoms with Gasteiger partial charge in [-0.25, -0.2) is 0 Å². The number of nitrogens with zero attached hydrogens (tertiary/aromatic N) is 1. The maximum absolute atomic E-state index is 5.70. The van der Waals surface area contributed by atoms with Gasteiger partial charge in [-0.05, 0) is 24.3 Å². The van der Waals surface area contributed by atoms with E-state index in [0.29, 0.717) is 5.41 Å². The number of fused-ring (bicyclic) bond motifs is 1. The van der Waals surface area contributed by atoms with Gasteiger partial charge in [0.15, 0.2) is 5.96 Å². The van der Waals surface area contributed by atoms with Crippen LogP contribution in [-0.2, 0) is 0 Å². The topological polar surface area (TPSA) is 45.7 Å². The van der Waals surface area contributed by atoms with Gasteiger partial charge in [0, 0.05) is 25.6 Å². The van der Waals surface area contributed by atoms with E-state index in [1.807, 2.05) is 19.2 Å². The highest BCUT2D eigenvalue weighted by Gasteiger charge is 2.21. The van der Waals surface area contributed by atoms with Gasteiger partial charge in [-0.3, -0.25) is 4.99 Å². The zero-order valence-corrected chi connectivity index (χ0v) is 14.3. The molecule has 0 aliphatic carbocycles. The number of hydrogen-bond acceptors (Lipinski definition) is 2. The molecule has 0 spiro atoms. The molecule has 1 aromatic rings. The van der Waals surface area contributed by atoms with Crippen molar-refractivity contribution < 1.29 is 4.74 Å². The average molecular weight is 303 g/mol. The molecule has 0 amide bonds. The second-order valence-electron chi connectivity index (χ2n) is 7.04. The molecule has 0 saturated carbocycles. The molecule has 2 N–H and O–H groups in total. The van der Waals surface area contributed by atoms with E-state index in [1.165, 1.54) is 12.0 Å². The van der Waals surface area contributed by atoms with Crippen molar-refractivity contribution in [3.8, 4) is 5.75 Å². The highest BCUT2D eigenvalue weighted by atomic mass is 16.5. The van der Waals surface area contributed by atoms with Crippen LogP contribution in [0.5, 0.6) is 5.75 Å². The molecule has 0 saturated heterocycles. The Morgan fingerprint density at radius 2 is 2.09 bits per heavy atom. The first-order chi connectivity index (χ1) is 10.5. The summed E-state index contributed by atoms with van der Waals surface area (Å²) in [7, 11) is 1.82. The minimum absolute atomic E-state index is 0.263. The third kappa shape index (κ3) is 4.93. The molecule has 0 fully saturated rings. The summed E-state index contributed by atoms with van der Waals surface area (Å²) in [5.74, 6) is 1.85. The first kappa shape index (κ1) is 16.7. The van der Waals surface area contributed by atoms with Crippen molar-refractivity contribution in [1.29, 1.82) is 0 Å². The molecule has 122 valence electrons. The van der Waals surface area contributed by atoms with Gasteiger partial charge in [0.05, 0.1) is 12.6 Å². The predicted molar refractivity (Wildman–Crippen MR) is 92.5 cm³/mol. The number of ether oxygens (including phenoxy) is 1. The molecule has 4 nitrogen and oxygen atoms in total. The summed E-state index contributed by atoms with van der Waals surface area (Å²) in [6.07, 6.45) is 3.31. The Balaban J connectivity index is 1.87. The van der Waals surface area contributed by atoms with Gasteiger partial charge in [0.25, 0.3) is 0 Å². The average Bonchev–Trinajstić information content (AvgIpc) is 2.49. The van der Waals surface area contributed by atoms with Crippen LogP contribution in [0.4, 0.5) is 0 Å². The SMILES string of the molecule is CN=C(NCCCC(C)(C)C)NC1CCOc2ccccc21. The lowest BCUT2D eigenvalue weighted by molar-refractivity contribution is 0.261. The number of aliphatic imine (C=N–C) groups is 1. The number of benzene rings is 1. The summed E-state index contributed by atoms with van der Waals surface area (Å²) in [4.78, 5) is 4.34. The van der Waals surface area contributed by atoms with Crippen LogP contribution >= 0.6 is 0 Å². The third-order valence-electron chi connectivity index (χ3n) is 3.89. The van der Waals surface area contributed by atoms with E-state index in [9.17, 15) is 0 Å². The number of hydrogen-bond donors (Lipinski definition) is 2. The van der Waals surface area contributed by atoms with Crippen molar-refractivity contribution >= 4 is 5.96 Å². The molecule has 2 rings (SSSR count). The first-order valence-electron chi connectivity index (χ1n) is 8.18. The van der Waals surface area contributed by atoms with E-state index in [4.69, 9.17) is 4.74 Å². The Bertz CT molecular complexity index is 505. The number of para-hydroxylation sites is 1. The Morgan fingerprint density at radius 1 is 1.32 bits per heavy atom. The molecule has 0 radical (unpaired) electrons. The van der Waals surface area contributed by atoms with E-state index in [0.717, 1.165) is 37.7 Å². The fourth-order valence-corrected chi connectivity index (χ4v) is 2.68. The van der Waals surface area contributed by atoms with Crippen molar-refractivity contribution in [2.75, 3.05) is 20.2 Å². The molecular formula is C18H29N3O. The van der Waals surface area contributed by atoms with Crippen LogP contribution in [0.25, 0.3) is 0 Å². The minimum Gasteiger partial charge on any atom is -0.493 e. The van der Waals surface area contributed by atoms with E-state index < -0.39 is 0 Å². The van der Waals surface area contributed by atoms with E-state index in [1.54, 1.807) is 0 Å². The van der Waals surface area contributed by atoms with Gasteiger partial charge in [0.1, 0.15) is 5.75 Å². The summed E-state index contributed by atoms with van der Waals surface area (Å²) in [6.45, 7) is 8.52.